The highest BCUT2D eigenvalue weighted by Crippen LogP contribution is 2.39. The zero-order chi connectivity index (χ0) is 23.2. The van der Waals surface area contributed by atoms with Crippen molar-refractivity contribution in [2.24, 2.45) is 0 Å². The number of fused-ring (bicyclic) bond motifs is 1. The van der Waals surface area contributed by atoms with E-state index in [1.807, 2.05) is 43.3 Å². The zero-order valence-electron chi connectivity index (χ0n) is 19.0. The van der Waals surface area contributed by atoms with Crippen molar-refractivity contribution in [2.75, 3.05) is 27.4 Å². The maximum atomic E-state index is 11.2. The van der Waals surface area contributed by atoms with Gasteiger partial charge in [-0.2, -0.15) is 0 Å². The molecule has 2 aromatic carbocycles. The number of rotatable bonds is 10. The highest BCUT2D eigenvalue weighted by molar-refractivity contribution is 5.91. The van der Waals surface area contributed by atoms with Gasteiger partial charge >= 0.3 is 0 Å². The topological polar surface area (TPSA) is 88.6 Å². The molecule has 4 aromatic rings. The Kier molecular flexibility index (Phi) is 7.12. The molecule has 0 fully saturated rings. The van der Waals surface area contributed by atoms with Gasteiger partial charge in [0.15, 0.2) is 11.5 Å². The van der Waals surface area contributed by atoms with Crippen molar-refractivity contribution in [3.63, 3.8) is 0 Å². The van der Waals surface area contributed by atoms with Gasteiger partial charge in [0.2, 0.25) is 0 Å². The Bertz CT molecular complexity index is 1190. The first-order chi connectivity index (χ1) is 16.2. The van der Waals surface area contributed by atoms with Gasteiger partial charge in [-0.3, -0.25) is 4.98 Å². The molecule has 0 aliphatic rings. The summed E-state index contributed by atoms with van der Waals surface area (Å²) in [5, 5.41) is 15.7. The van der Waals surface area contributed by atoms with E-state index in [1.165, 1.54) is 0 Å². The quantitative estimate of drug-likeness (QED) is 0.335. The first kappa shape index (κ1) is 22.6. The molecule has 0 radical (unpaired) electrons. The van der Waals surface area contributed by atoms with E-state index in [0.717, 1.165) is 27.7 Å². The number of nitrogens with zero attached hydrogens (tertiary/aromatic N) is 1. The Morgan fingerprint density at radius 2 is 1.76 bits per heavy atom. The number of likely N-dealkylation sites (N-methyl/N-ethyl adjacent to an activating group) is 1. The highest BCUT2D eigenvalue weighted by Gasteiger charge is 2.28. The minimum Gasteiger partial charge on any atom is -0.493 e. The first-order valence-electron chi connectivity index (χ1n) is 10.9. The number of aliphatic hydroxyl groups excluding tert-OH is 1. The molecule has 0 spiro atoms. The van der Waals surface area contributed by atoms with E-state index in [9.17, 15) is 5.11 Å². The van der Waals surface area contributed by atoms with Crippen molar-refractivity contribution in [3.8, 4) is 28.5 Å². The van der Waals surface area contributed by atoms with Gasteiger partial charge in [-0.1, -0.05) is 25.1 Å². The highest BCUT2D eigenvalue weighted by atomic mass is 16.5. The lowest BCUT2D eigenvalue weighted by atomic mass is 9.95. The minimum atomic E-state index is -0.795. The van der Waals surface area contributed by atoms with Gasteiger partial charge in [0.1, 0.15) is 18.5 Å². The number of aliphatic hydroxyl groups is 1. The Hall–Kier alpha value is -3.55. The standard InChI is InChI=1S/C26H29N3O4/c1-4-28-26(21(30)16-33-18-11-13-27-14-12-18)24-19-7-5-6-8-20(19)29-25(24)17-9-10-22(31-2)23(15-17)32-3/h5-15,21,26,28-30H,4,16H2,1-3H3. The maximum Gasteiger partial charge on any atom is 0.161 e. The van der Waals surface area contributed by atoms with Gasteiger partial charge < -0.3 is 29.6 Å². The summed E-state index contributed by atoms with van der Waals surface area (Å²) in [6, 6.07) is 17.1. The van der Waals surface area contributed by atoms with Crippen molar-refractivity contribution in [1.29, 1.82) is 0 Å². The van der Waals surface area contributed by atoms with Crippen LogP contribution in [0.4, 0.5) is 0 Å². The molecule has 0 aliphatic carbocycles. The molecule has 33 heavy (non-hydrogen) atoms. The fourth-order valence-corrected chi connectivity index (χ4v) is 4.07. The van der Waals surface area contributed by atoms with Crippen LogP contribution in [0.1, 0.15) is 18.5 Å². The summed E-state index contributed by atoms with van der Waals surface area (Å²) in [6.45, 7) is 2.84. The monoisotopic (exact) mass is 447 g/mol. The van der Waals surface area contributed by atoms with E-state index in [1.54, 1.807) is 38.7 Å². The Morgan fingerprint density at radius 1 is 1.00 bits per heavy atom. The predicted octanol–water partition coefficient (Wildman–Crippen LogP) is 4.34. The Balaban J connectivity index is 1.77. The number of hydrogen-bond acceptors (Lipinski definition) is 6. The molecule has 0 bridgehead atoms. The number of ether oxygens (including phenoxy) is 3. The van der Waals surface area contributed by atoms with Crippen LogP contribution >= 0.6 is 0 Å². The summed E-state index contributed by atoms with van der Waals surface area (Å²) >= 11 is 0. The molecule has 172 valence electrons. The molecule has 7 heteroatoms. The van der Waals surface area contributed by atoms with Gasteiger partial charge in [0.05, 0.1) is 26.0 Å². The van der Waals surface area contributed by atoms with E-state index in [4.69, 9.17) is 14.2 Å². The van der Waals surface area contributed by atoms with Crippen molar-refractivity contribution < 1.29 is 19.3 Å². The van der Waals surface area contributed by atoms with Crippen molar-refractivity contribution in [2.45, 2.75) is 19.1 Å². The van der Waals surface area contributed by atoms with Crippen LogP contribution in [0.25, 0.3) is 22.2 Å². The lowest BCUT2D eigenvalue weighted by Gasteiger charge is -2.25. The fraction of sp³-hybridized carbons (Fsp3) is 0.269. The summed E-state index contributed by atoms with van der Waals surface area (Å²) in [5.74, 6) is 1.97. The molecule has 0 aliphatic heterocycles. The minimum absolute atomic E-state index is 0.132. The molecule has 2 atom stereocenters. The number of methoxy groups -OCH3 is 2. The van der Waals surface area contributed by atoms with E-state index in [2.05, 4.69) is 21.4 Å². The third-order valence-corrected chi connectivity index (χ3v) is 5.61. The van der Waals surface area contributed by atoms with Crippen molar-refractivity contribution in [1.82, 2.24) is 15.3 Å². The molecule has 3 N–H and O–H groups in total. The van der Waals surface area contributed by atoms with Crippen LogP contribution in [0.15, 0.2) is 67.0 Å². The zero-order valence-corrected chi connectivity index (χ0v) is 19.0. The first-order valence-corrected chi connectivity index (χ1v) is 10.9. The SMILES string of the molecule is CCNC(c1c(-c2ccc(OC)c(OC)c2)[nH]c2ccccc12)C(O)COc1ccncc1. The summed E-state index contributed by atoms with van der Waals surface area (Å²) in [5.41, 5.74) is 3.81. The number of aromatic amines is 1. The van der Waals surface area contributed by atoms with Crippen LogP contribution < -0.4 is 19.5 Å². The summed E-state index contributed by atoms with van der Waals surface area (Å²) in [6.07, 6.45) is 2.53. The van der Waals surface area contributed by atoms with Crippen LogP contribution in [-0.4, -0.2) is 48.5 Å². The lowest BCUT2D eigenvalue weighted by Crippen LogP contribution is -2.36. The molecular formula is C26H29N3O4. The number of nitrogens with one attached hydrogen (secondary N) is 2. The molecule has 2 unspecified atom stereocenters. The summed E-state index contributed by atoms with van der Waals surface area (Å²) in [4.78, 5) is 7.55. The molecular weight excluding hydrogens is 418 g/mol. The molecule has 4 rings (SSSR count). The number of hydrogen-bond donors (Lipinski definition) is 3. The van der Waals surface area contributed by atoms with E-state index >= 15 is 0 Å². The van der Waals surface area contributed by atoms with Crippen LogP contribution in [0.3, 0.4) is 0 Å². The molecule has 2 heterocycles. The Morgan fingerprint density at radius 3 is 2.48 bits per heavy atom. The normalized spacial score (nSPS) is 13.0. The Labute approximate surface area is 193 Å². The van der Waals surface area contributed by atoms with Crippen LogP contribution in [-0.2, 0) is 0 Å². The van der Waals surface area contributed by atoms with Crippen LogP contribution in [0, 0.1) is 0 Å². The van der Waals surface area contributed by atoms with Gasteiger partial charge in [0.25, 0.3) is 0 Å². The second-order valence-corrected chi connectivity index (χ2v) is 7.63. The van der Waals surface area contributed by atoms with Crippen LogP contribution in [0.2, 0.25) is 0 Å². The number of benzene rings is 2. The van der Waals surface area contributed by atoms with Gasteiger partial charge in [-0.15, -0.1) is 0 Å². The molecule has 0 saturated carbocycles. The molecule has 2 aromatic heterocycles. The second-order valence-electron chi connectivity index (χ2n) is 7.63. The number of aromatic nitrogens is 2. The van der Waals surface area contributed by atoms with Gasteiger partial charge in [0, 0.05) is 34.4 Å². The average molecular weight is 448 g/mol. The molecule has 0 amide bonds. The van der Waals surface area contributed by atoms with Crippen molar-refractivity contribution >= 4 is 10.9 Å². The number of para-hydroxylation sites is 1. The van der Waals surface area contributed by atoms with E-state index in [-0.39, 0.29) is 12.6 Å². The fourth-order valence-electron chi connectivity index (χ4n) is 4.07. The summed E-state index contributed by atoms with van der Waals surface area (Å²) in [7, 11) is 3.24. The van der Waals surface area contributed by atoms with Crippen LogP contribution in [0.5, 0.6) is 17.2 Å². The number of H-pyrrole nitrogens is 1. The molecule has 7 nitrogen and oxygen atoms in total. The van der Waals surface area contributed by atoms with Gasteiger partial charge in [-0.25, -0.2) is 0 Å². The maximum absolute atomic E-state index is 11.2. The van der Waals surface area contributed by atoms with Gasteiger partial charge in [-0.05, 0) is 42.9 Å². The van der Waals surface area contributed by atoms with E-state index < -0.39 is 6.10 Å². The summed E-state index contributed by atoms with van der Waals surface area (Å²) < 4.78 is 16.8. The average Bonchev–Trinajstić information content (AvgIpc) is 3.25. The van der Waals surface area contributed by atoms with Crippen molar-refractivity contribution in [3.05, 3.63) is 72.6 Å². The number of pyridine rings is 1. The molecule has 0 saturated heterocycles. The largest absolute Gasteiger partial charge is 0.493 e. The van der Waals surface area contributed by atoms with E-state index in [0.29, 0.717) is 23.8 Å². The third-order valence-electron chi connectivity index (χ3n) is 5.61. The second kappa shape index (κ2) is 10.4. The lowest BCUT2D eigenvalue weighted by molar-refractivity contribution is 0.0739. The predicted molar refractivity (Wildman–Crippen MR) is 129 cm³/mol. The third kappa shape index (κ3) is 4.79. The smallest absolute Gasteiger partial charge is 0.161 e.